The fraction of sp³-hybridized carbons (Fsp3) is 0.400. The van der Waals surface area contributed by atoms with E-state index in [0.717, 1.165) is 14.5 Å². The van der Waals surface area contributed by atoms with Crippen LogP contribution in [-0.2, 0) is 0 Å². The molecule has 0 bridgehead atoms. The molecule has 0 spiro atoms. The number of rotatable bonds is 7. The monoisotopic (exact) mass is 332 g/mol. The molecule has 0 aliphatic heterocycles. The largest absolute Gasteiger partial charge is 0.122 e. The molecule has 0 amide bonds. The summed E-state index contributed by atoms with van der Waals surface area (Å²) in [5, 5.41) is 2.79. The SMILES string of the molecule is CCCCPCC(C)C.c1ccc(Pc2ccccc2)cc1. The van der Waals surface area contributed by atoms with Crippen LogP contribution in [0.15, 0.2) is 60.7 Å². The highest BCUT2D eigenvalue weighted by molar-refractivity contribution is 7.55. The Labute approximate surface area is 140 Å². The Morgan fingerprint density at radius 2 is 1.32 bits per heavy atom. The molecule has 0 aliphatic rings. The first-order chi connectivity index (χ1) is 10.7. The van der Waals surface area contributed by atoms with Gasteiger partial charge in [0.2, 0.25) is 0 Å². The Hall–Kier alpha value is -0.700. The van der Waals surface area contributed by atoms with Crippen LogP contribution in [0.3, 0.4) is 0 Å². The summed E-state index contributed by atoms with van der Waals surface area (Å²) in [6, 6.07) is 21.2. The maximum atomic E-state index is 2.30. The Bertz CT molecular complexity index is 428. The summed E-state index contributed by atoms with van der Waals surface area (Å²) in [5.41, 5.74) is 0. The van der Waals surface area contributed by atoms with Gasteiger partial charge in [-0.2, -0.15) is 0 Å². The minimum Gasteiger partial charge on any atom is -0.122 e. The highest BCUT2D eigenvalue weighted by Crippen LogP contribution is 2.16. The van der Waals surface area contributed by atoms with Gasteiger partial charge in [-0.05, 0) is 35.3 Å². The van der Waals surface area contributed by atoms with Crippen LogP contribution >= 0.6 is 17.2 Å². The van der Waals surface area contributed by atoms with E-state index in [1.54, 1.807) is 0 Å². The third-order valence-corrected chi connectivity index (χ3v) is 6.15. The highest BCUT2D eigenvalue weighted by atomic mass is 31.1. The van der Waals surface area contributed by atoms with E-state index in [4.69, 9.17) is 0 Å². The Morgan fingerprint density at radius 1 is 0.818 bits per heavy atom. The number of hydrogen-bond donors (Lipinski definition) is 0. The molecule has 0 fully saturated rings. The molecule has 1 atom stereocenters. The van der Waals surface area contributed by atoms with E-state index < -0.39 is 0 Å². The van der Waals surface area contributed by atoms with Gasteiger partial charge in [-0.1, -0.05) is 96.4 Å². The van der Waals surface area contributed by atoms with Crippen LogP contribution < -0.4 is 10.6 Å². The third kappa shape index (κ3) is 10.1. The van der Waals surface area contributed by atoms with Gasteiger partial charge in [0.15, 0.2) is 0 Å². The maximum Gasteiger partial charge on any atom is -0.0226 e. The lowest BCUT2D eigenvalue weighted by atomic mass is 10.3. The normalized spacial score (nSPS) is 10.7. The zero-order valence-corrected chi connectivity index (χ0v) is 16.2. The van der Waals surface area contributed by atoms with Crippen molar-refractivity contribution in [3.05, 3.63) is 60.7 Å². The van der Waals surface area contributed by atoms with Crippen molar-refractivity contribution in [2.75, 3.05) is 12.3 Å². The van der Waals surface area contributed by atoms with Crippen molar-refractivity contribution in [3.63, 3.8) is 0 Å². The van der Waals surface area contributed by atoms with Crippen LogP contribution in [0.2, 0.25) is 0 Å². The first kappa shape index (κ1) is 19.3. The topological polar surface area (TPSA) is 0 Å². The summed E-state index contributed by atoms with van der Waals surface area (Å²) in [7, 11) is 2.00. The summed E-state index contributed by atoms with van der Waals surface area (Å²) in [6.45, 7) is 6.87. The van der Waals surface area contributed by atoms with Gasteiger partial charge in [-0.15, -0.1) is 8.58 Å². The maximum absolute atomic E-state index is 2.30. The van der Waals surface area contributed by atoms with Gasteiger partial charge in [0.05, 0.1) is 0 Å². The molecule has 0 radical (unpaired) electrons. The zero-order chi connectivity index (χ0) is 16.0. The molecule has 2 heteroatoms. The second kappa shape index (κ2) is 12.8. The molecule has 0 saturated carbocycles. The van der Waals surface area contributed by atoms with Crippen molar-refractivity contribution in [2.24, 2.45) is 5.92 Å². The van der Waals surface area contributed by atoms with Crippen molar-refractivity contribution >= 4 is 27.8 Å². The van der Waals surface area contributed by atoms with Gasteiger partial charge < -0.3 is 0 Å². The number of unbranched alkanes of at least 4 members (excludes halogenated alkanes) is 1. The summed E-state index contributed by atoms with van der Waals surface area (Å²) >= 11 is 0. The third-order valence-electron chi connectivity index (χ3n) is 3.10. The van der Waals surface area contributed by atoms with Crippen molar-refractivity contribution in [1.82, 2.24) is 0 Å². The van der Waals surface area contributed by atoms with E-state index in [9.17, 15) is 0 Å². The van der Waals surface area contributed by atoms with E-state index in [1.807, 2.05) is 0 Å². The summed E-state index contributed by atoms with van der Waals surface area (Å²) in [6.07, 6.45) is 5.71. The average molecular weight is 332 g/mol. The Balaban J connectivity index is 0.000000239. The summed E-state index contributed by atoms with van der Waals surface area (Å²) in [5.74, 6) is 0.917. The van der Waals surface area contributed by atoms with Crippen LogP contribution in [0.5, 0.6) is 0 Å². The number of hydrogen-bond acceptors (Lipinski definition) is 0. The van der Waals surface area contributed by atoms with Crippen LogP contribution in [-0.4, -0.2) is 12.3 Å². The van der Waals surface area contributed by atoms with Gasteiger partial charge in [0.25, 0.3) is 0 Å². The highest BCUT2D eigenvalue weighted by Gasteiger charge is 1.92. The summed E-state index contributed by atoms with van der Waals surface area (Å²) < 4.78 is 0. The molecule has 0 N–H and O–H groups in total. The molecule has 0 nitrogen and oxygen atoms in total. The fourth-order valence-electron chi connectivity index (χ4n) is 1.90. The van der Waals surface area contributed by atoms with Crippen LogP contribution in [0.4, 0.5) is 0 Å². The predicted octanol–water partition coefficient (Wildman–Crippen LogP) is 5.44. The molecular weight excluding hydrogens is 302 g/mol. The molecule has 0 aliphatic carbocycles. The first-order valence-electron chi connectivity index (χ1n) is 8.30. The first-order valence-corrected chi connectivity index (χ1v) is 10.7. The standard InChI is InChI=1S/C12H11P.C8H19P/c1-3-7-11(8-4-1)13-12-9-5-2-6-10-12;1-4-5-6-9-7-8(2)3/h1-10,13H;8-9H,4-7H2,1-3H3. The average Bonchev–Trinajstić information content (AvgIpc) is 2.54. The van der Waals surface area contributed by atoms with Crippen molar-refractivity contribution in [3.8, 4) is 0 Å². The van der Waals surface area contributed by atoms with Gasteiger partial charge >= 0.3 is 0 Å². The lowest BCUT2D eigenvalue weighted by molar-refractivity contribution is 0.745. The van der Waals surface area contributed by atoms with E-state index in [-0.39, 0.29) is 0 Å². The Kier molecular flexibility index (Phi) is 11.3. The second-order valence-corrected chi connectivity index (χ2v) is 8.62. The Morgan fingerprint density at radius 3 is 1.73 bits per heavy atom. The molecule has 0 saturated heterocycles. The van der Waals surface area contributed by atoms with E-state index in [1.165, 1.54) is 44.4 Å². The molecular formula is C20H30P2. The molecule has 1 unspecified atom stereocenters. The van der Waals surface area contributed by atoms with Crippen molar-refractivity contribution < 1.29 is 0 Å². The molecule has 0 heterocycles. The quantitative estimate of drug-likeness (QED) is 0.468. The fourth-order valence-corrected chi connectivity index (χ4v) is 4.34. The molecule has 120 valence electrons. The second-order valence-electron chi connectivity index (χ2n) is 5.81. The van der Waals surface area contributed by atoms with E-state index >= 15 is 0 Å². The van der Waals surface area contributed by atoms with Crippen molar-refractivity contribution in [1.29, 1.82) is 0 Å². The van der Waals surface area contributed by atoms with Gasteiger partial charge in [0, 0.05) is 0 Å². The van der Waals surface area contributed by atoms with Gasteiger partial charge in [-0.3, -0.25) is 0 Å². The minimum absolute atomic E-state index is 0.777. The lowest BCUT2D eigenvalue weighted by Crippen LogP contribution is -2.01. The van der Waals surface area contributed by atoms with Crippen LogP contribution in [0.25, 0.3) is 0 Å². The van der Waals surface area contributed by atoms with E-state index in [2.05, 4.69) is 81.4 Å². The van der Waals surface area contributed by atoms with Crippen LogP contribution in [0, 0.1) is 5.92 Å². The summed E-state index contributed by atoms with van der Waals surface area (Å²) in [4.78, 5) is 0. The van der Waals surface area contributed by atoms with Crippen molar-refractivity contribution in [2.45, 2.75) is 33.6 Å². The minimum atomic E-state index is 0.777. The van der Waals surface area contributed by atoms with Gasteiger partial charge in [0.1, 0.15) is 0 Å². The van der Waals surface area contributed by atoms with Gasteiger partial charge in [-0.25, -0.2) is 0 Å². The molecule has 2 aromatic rings. The predicted molar refractivity (Wildman–Crippen MR) is 108 cm³/mol. The zero-order valence-electron chi connectivity index (χ0n) is 14.2. The molecule has 2 aromatic carbocycles. The molecule has 2 rings (SSSR count). The molecule has 22 heavy (non-hydrogen) atoms. The molecule has 0 aromatic heterocycles. The smallest absolute Gasteiger partial charge is 0.0226 e. The van der Waals surface area contributed by atoms with E-state index in [0.29, 0.717) is 0 Å². The van der Waals surface area contributed by atoms with Crippen LogP contribution in [0.1, 0.15) is 33.6 Å². The number of benzene rings is 2. The lowest BCUT2D eigenvalue weighted by Gasteiger charge is -2.02.